The van der Waals surface area contributed by atoms with Gasteiger partial charge < -0.3 is 20.3 Å². The van der Waals surface area contributed by atoms with Crippen molar-refractivity contribution in [1.82, 2.24) is 15.5 Å². The van der Waals surface area contributed by atoms with Crippen molar-refractivity contribution >= 4 is 21.8 Å². The SMILES string of the molecule is CC(C)C[C@H](NC(=O)N1CCOCC1)C(=O)NC(C=CS(=O)(=O)c1ccccc1)CCc1ccccc1. The molecule has 1 heterocycles. The molecule has 0 bridgehead atoms. The quantitative estimate of drug-likeness (QED) is 0.465. The Kier molecular flexibility index (Phi) is 10.7. The topological polar surface area (TPSA) is 105 Å². The number of amides is 3. The number of nitrogens with zero attached hydrogens (tertiary/aromatic N) is 1. The number of carbonyl (C=O) groups excluding carboxylic acids is 2. The van der Waals surface area contributed by atoms with Gasteiger partial charge >= 0.3 is 6.03 Å². The van der Waals surface area contributed by atoms with Crippen LogP contribution in [0.5, 0.6) is 0 Å². The number of nitrogens with one attached hydrogen (secondary N) is 2. The number of hydrogen-bond acceptors (Lipinski definition) is 5. The van der Waals surface area contributed by atoms with Gasteiger partial charge in [-0.25, -0.2) is 13.2 Å². The second-order valence-electron chi connectivity index (χ2n) is 9.56. The van der Waals surface area contributed by atoms with Gasteiger partial charge in [0.1, 0.15) is 6.04 Å². The second-order valence-corrected chi connectivity index (χ2v) is 11.4. The molecule has 0 aromatic heterocycles. The van der Waals surface area contributed by atoms with E-state index in [9.17, 15) is 18.0 Å². The number of sulfone groups is 1. The summed E-state index contributed by atoms with van der Waals surface area (Å²) in [5.41, 5.74) is 1.08. The first-order valence-electron chi connectivity index (χ1n) is 12.7. The molecule has 2 N–H and O–H groups in total. The minimum Gasteiger partial charge on any atom is -0.378 e. The highest BCUT2D eigenvalue weighted by atomic mass is 32.2. The number of hydrogen-bond donors (Lipinski definition) is 2. The lowest BCUT2D eigenvalue weighted by atomic mass is 10.0. The largest absolute Gasteiger partial charge is 0.378 e. The summed E-state index contributed by atoms with van der Waals surface area (Å²) in [6.07, 6.45) is 3.14. The molecule has 0 spiro atoms. The minimum absolute atomic E-state index is 0.164. The van der Waals surface area contributed by atoms with Crippen LogP contribution in [0.4, 0.5) is 4.79 Å². The number of morpholine rings is 1. The van der Waals surface area contributed by atoms with E-state index in [4.69, 9.17) is 4.74 Å². The van der Waals surface area contributed by atoms with Gasteiger partial charge in [-0.1, -0.05) is 68.5 Å². The molecule has 1 saturated heterocycles. The predicted molar refractivity (Wildman–Crippen MR) is 144 cm³/mol. The van der Waals surface area contributed by atoms with E-state index in [-0.39, 0.29) is 22.8 Å². The molecule has 1 fully saturated rings. The number of ether oxygens (including phenoxy) is 1. The Hall–Kier alpha value is -3.17. The lowest BCUT2D eigenvalue weighted by Crippen LogP contribution is -2.54. The van der Waals surface area contributed by atoms with Crippen LogP contribution >= 0.6 is 0 Å². The summed E-state index contributed by atoms with van der Waals surface area (Å²) in [5.74, 6) is -0.173. The van der Waals surface area contributed by atoms with Crippen molar-refractivity contribution in [3.63, 3.8) is 0 Å². The fraction of sp³-hybridized carbons (Fsp3) is 0.429. The fourth-order valence-corrected chi connectivity index (χ4v) is 5.15. The van der Waals surface area contributed by atoms with Gasteiger partial charge in [0.05, 0.1) is 18.1 Å². The predicted octanol–water partition coefficient (Wildman–Crippen LogP) is 3.55. The highest BCUT2D eigenvalue weighted by molar-refractivity contribution is 7.94. The van der Waals surface area contributed by atoms with E-state index in [0.29, 0.717) is 45.6 Å². The van der Waals surface area contributed by atoms with Crippen LogP contribution in [-0.2, 0) is 25.8 Å². The molecule has 0 aliphatic carbocycles. The lowest BCUT2D eigenvalue weighted by Gasteiger charge is -2.30. The number of aryl methyl sites for hydroxylation is 1. The third kappa shape index (κ3) is 9.33. The normalized spacial score (nSPS) is 15.9. The molecule has 2 aromatic carbocycles. The maximum atomic E-state index is 13.4. The Morgan fingerprint density at radius 2 is 1.59 bits per heavy atom. The number of benzene rings is 2. The van der Waals surface area contributed by atoms with Crippen molar-refractivity contribution in [2.24, 2.45) is 5.92 Å². The van der Waals surface area contributed by atoms with Crippen molar-refractivity contribution in [2.75, 3.05) is 26.3 Å². The van der Waals surface area contributed by atoms with E-state index in [1.165, 1.54) is 18.2 Å². The number of carbonyl (C=O) groups is 2. The minimum atomic E-state index is -3.67. The Bertz CT molecular complexity index is 1130. The lowest BCUT2D eigenvalue weighted by molar-refractivity contribution is -0.123. The summed E-state index contributed by atoms with van der Waals surface area (Å²) in [6, 6.07) is 16.4. The van der Waals surface area contributed by atoms with E-state index < -0.39 is 21.9 Å². The first kappa shape index (κ1) is 28.4. The van der Waals surface area contributed by atoms with Gasteiger partial charge in [0.15, 0.2) is 9.84 Å². The molecule has 0 saturated carbocycles. The molecular weight excluding hydrogens is 490 g/mol. The highest BCUT2D eigenvalue weighted by Crippen LogP contribution is 2.14. The molecule has 0 radical (unpaired) electrons. The molecule has 1 unspecified atom stereocenters. The smallest absolute Gasteiger partial charge is 0.318 e. The van der Waals surface area contributed by atoms with E-state index in [2.05, 4.69) is 10.6 Å². The highest BCUT2D eigenvalue weighted by Gasteiger charge is 2.27. The van der Waals surface area contributed by atoms with Gasteiger partial charge in [-0.2, -0.15) is 0 Å². The standard InChI is InChI=1S/C28H37N3O5S/c1-22(2)21-26(30-28(33)31-16-18-36-19-17-31)27(32)29-24(14-13-23-9-5-3-6-10-23)15-20-37(34,35)25-11-7-4-8-12-25/h3-12,15,20,22,24,26H,13-14,16-19,21H2,1-2H3,(H,29,32)(H,30,33)/t24?,26-/m0/s1. The van der Waals surface area contributed by atoms with Crippen molar-refractivity contribution in [1.29, 1.82) is 0 Å². The average molecular weight is 528 g/mol. The fourth-order valence-electron chi connectivity index (χ4n) is 4.06. The molecule has 8 nitrogen and oxygen atoms in total. The van der Waals surface area contributed by atoms with E-state index in [0.717, 1.165) is 11.0 Å². The monoisotopic (exact) mass is 527 g/mol. The van der Waals surface area contributed by atoms with Gasteiger partial charge in [-0.3, -0.25) is 4.79 Å². The van der Waals surface area contributed by atoms with Crippen LogP contribution < -0.4 is 10.6 Å². The summed E-state index contributed by atoms with van der Waals surface area (Å²) in [7, 11) is -3.67. The molecule has 1 aliphatic heterocycles. The van der Waals surface area contributed by atoms with Gasteiger partial charge in [-0.05, 0) is 42.9 Å². The van der Waals surface area contributed by atoms with Crippen molar-refractivity contribution in [3.05, 3.63) is 77.7 Å². The summed E-state index contributed by atoms with van der Waals surface area (Å²) in [6.45, 7) is 5.86. The molecule has 2 aromatic rings. The zero-order chi connectivity index (χ0) is 26.7. The van der Waals surface area contributed by atoms with Crippen LogP contribution in [-0.4, -0.2) is 63.6 Å². The Morgan fingerprint density at radius 3 is 2.22 bits per heavy atom. The van der Waals surface area contributed by atoms with Crippen molar-refractivity contribution in [2.45, 2.75) is 50.1 Å². The Labute approximate surface area is 220 Å². The number of rotatable bonds is 11. The van der Waals surface area contributed by atoms with E-state index >= 15 is 0 Å². The van der Waals surface area contributed by atoms with Gasteiger partial charge in [0.2, 0.25) is 5.91 Å². The summed E-state index contributed by atoms with van der Waals surface area (Å²) < 4.78 is 31.0. The molecule has 1 aliphatic rings. The van der Waals surface area contributed by atoms with Crippen LogP contribution in [0.3, 0.4) is 0 Å². The molecule has 3 amide bonds. The van der Waals surface area contributed by atoms with Crippen LogP contribution in [0.15, 0.2) is 77.0 Å². The molecule has 2 atom stereocenters. The summed E-state index contributed by atoms with van der Waals surface area (Å²) in [5, 5.41) is 7.00. The molecule has 37 heavy (non-hydrogen) atoms. The second kappa shape index (κ2) is 13.9. The van der Waals surface area contributed by atoms with Crippen molar-refractivity contribution in [3.8, 4) is 0 Å². The van der Waals surface area contributed by atoms with E-state index in [1.807, 2.05) is 44.2 Å². The third-order valence-corrected chi connectivity index (χ3v) is 7.54. The zero-order valence-corrected chi connectivity index (χ0v) is 22.3. The maximum Gasteiger partial charge on any atom is 0.318 e. The first-order valence-corrected chi connectivity index (χ1v) is 14.2. The molecule has 200 valence electrons. The summed E-state index contributed by atoms with van der Waals surface area (Å²) >= 11 is 0. The summed E-state index contributed by atoms with van der Waals surface area (Å²) in [4.78, 5) is 28.0. The van der Waals surface area contributed by atoms with Crippen LogP contribution in [0.25, 0.3) is 0 Å². The van der Waals surface area contributed by atoms with Crippen LogP contribution in [0.2, 0.25) is 0 Å². The van der Waals surface area contributed by atoms with Gasteiger partial charge in [0.25, 0.3) is 0 Å². The third-order valence-electron chi connectivity index (χ3n) is 6.10. The zero-order valence-electron chi connectivity index (χ0n) is 21.5. The average Bonchev–Trinajstić information content (AvgIpc) is 2.91. The molecule has 3 rings (SSSR count). The van der Waals surface area contributed by atoms with Gasteiger partial charge in [0, 0.05) is 24.5 Å². The number of urea groups is 1. The van der Waals surface area contributed by atoms with E-state index in [1.54, 1.807) is 23.1 Å². The first-order chi connectivity index (χ1) is 17.7. The maximum absolute atomic E-state index is 13.4. The Morgan fingerprint density at radius 1 is 0.973 bits per heavy atom. The molecule has 9 heteroatoms. The molecular formula is C28H37N3O5S. The van der Waals surface area contributed by atoms with Crippen LogP contribution in [0, 0.1) is 5.92 Å². The van der Waals surface area contributed by atoms with Crippen LogP contribution in [0.1, 0.15) is 32.3 Å². The van der Waals surface area contributed by atoms with Gasteiger partial charge in [-0.15, -0.1) is 0 Å². The Balaban J connectivity index is 1.75. The van der Waals surface area contributed by atoms with Crippen molar-refractivity contribution < 1.29 is 22.7 Å².